The smallest absolute Gasteiger partial charge is 0.240 e. The van der Waals surface area contributed by atoms with E-state index < -0.39 is 29.0 Å². The number of anilines is 1. The Labute approximate surface area is 142 Å². The van der Waals surface area contributed by atoms with E-state index in [-0.39, 0.29) is 17.2 Å². The van der Waals surface area contributed by atoms with E-state index in [9.17, 15) is 19.1 Å². The first-order valence-corrected chi connectivity index (χ1v) is 7.58. The Morgan fingerprint density at radius 1 is 1.25 bits per heavy atom. The normalized spacial score (nSPS) is 22.0. The highest BCUT2D eigenvalue weighted by Gasteiger charge is 2.65. The molecule has 0 saturated heterocycles. The van der Waals surface area contributed by atoms with E-state index in [2.05, 4.69) is 5.32 Å². The molecule has 1 saturated carbocycles. The third-order valence-electron chi connectivity index (χ3n) is 4.27. The topological polar surface area (TPSA) is 92.4 Å². The molecule has 124 valence electrons. The number of carbonyl (C=O) groups is 2. The Morgan fingerprint density at radius 3 is 2.50 bits per heavy atom. The van der Waals surface area contributed by atoms with Crippen LogP contribution in [0.2, 0.25) is 5.02 Å². The molecule has 2 atom stereocenters. The summed E-state index contributed by atoms with van der Waals surface area (Å²) in [5.41, 5.74) is 4.98. The largest absolute Gasteiger partial charge is 0.508 e. The third-order valence-corrected chi connectivity index (χ3v) is 4.60. The number of amides is 2. The fourth-order valence-corrected chi connectivity index (χ4v) is 3.14. The Morgan fingerprint density at radius 2 is 1.92 bits per heavy atom. The lowest BCUT2D eigenvalue weighted by molar-refractivity contribution is -0.132. The minimum absolute atomic E-state index is 0.0556. The van der Waals surface area contributed by atoms with Gasteiger partial charge >= 0.3 is 0 Å². The van der Waals surface area contributed by atoms with Crippen LogP contribution in [-0.2, 0) is 9.59 Å². The van der Waals surface area contributed by atoms with Crippen molar-refractivity contribution >= 4 is 29.1 Å². The maximum Gasteiger partial charge on any atom is 0.240 e. The van der Waals surface area contributed by atoms with Crippen molar-refractivity contribution < 1.29 is 19.1 Å². The number of phenols is 1. The van der Waals surface area contributed by atoms with Gasteiger partial charge in [-0.25, -0.2) is 4.39 Å². The monoisotopic (exact) mass is 348 g/mol. The van der Waals surface area contributed by atoms with Crippen LogP contribution < -0.4 is 11.1 Å². The van der Waals surface area contributed by atoms with E-state index in [1.54, 1.807) is 0 Å². The van der Waals surface area contributed by atoms with Gasteiger partial charge in [-0.3, -0.25) is 9.59 Å². The van der Waals surface area contributed by atoms with Crippen LogP contribution >= 0.6 is 11.6 Å². The zero-order valence-electron chi connectivity index (χ0n) is 12.4. The molecule has 0 spiro atoms. The van der Waals surface area contributed by atoms with E-state index in [4.69, 9.17) is 17.3 Å². The molecule has 0 radical (unpaired) electrons. The third kappa shape index (κ3) is 2.69. The van der Waals surface area contributed by atoms with Crippen LogP contribution in [0.1, 0.15) is 17.9 Å². The molecule has 1 fully saturated rings. The number of carbonyl (C=O) groups excluding carboxylic acids is 2. The molecule has 2 aromatic carbocycles. The van der Waals surface area contributed by atoms with Crippen molar-refractivity contribution in [1.82, 2.24) is 0 Å². The van der Waals surface area contributed by atoms with Gasteiger partial charge in [-0.2, -0.15) is 0 Å². The van der Waals surface area contributed by atoms with Gasteiger partial charge < -0.3 is 16.2 Å². The summed E-state index contributed by atoms with van der Waals surface area (Å²) >= 11 is 6.03. The van der Waals surface area contributed by atoms with Gasteiger partial charge in [0.05, 0.1) is 0 Å². The van der Waals surface area contributed by atoms with Gasteiger partial charge in [-0.1, -0.05) is 17.7 Å². The van der Waals surface area contributed by atoms with Crippen LogP contribution in [0, 0.1) is 11.2 Å². The number of primary amides is 1. The maximum atomic E-state index is 13.2. The number of nitrogens with one attached hydrogen (secondary N) is 1. The SMILES string of the molecule is NC(=O)C1(C(=O)Nc2ccc(O)cc2)CC1c1ccc(F)cc1Cl. The molecule has 2 amide bonds. The molecule has 3 rings (SSSR count). The Bertz CT molecular complexity index is 825. The fraction of sp³-hybridized carbons (Fsp3) is 0.176. The summed E-state index contributed by atoms with van der Waals surface area (Å²) in [4.78, 5) is 24.5. The second-order valence-electron chi connectivity index (χ2n) is 5.76. The van der Waals surface area contributed by atoms with Crippen LogP contribution in [0.4, 0.5) is 10.1 Å². The summed E-state index contributed by atoms with van der Waals surface area (Å²) < 4.78 is 13.2. The molecule has 7 heteroatoms. The molecule has 0 heterocycles. The lowest BCUT2D eigenvalue weighted by Crippen LogP contribution is -2.37. The molecule has 4 N–H and O–H groups in total. The van der Waals surface area contributed by atoms with Gasteiger partial charge in [0.15, 0.2) is 0 Å². The summed E-state index contributed by atoms with van der Waals surface area (Å²) in [6.07, 6.45) is 0.206. The zero-order chi connectivity index (χ0) is 17.5. The van der Waals surface area contributed by atoms with Crippen molar-refractivity contribution in [3.8, 4) is 5.75 Å². The fourth-order valence-electron chi connectivity index (χ4n) is 2.85. The molecule has 5 nitrogen and oxygen atoms in total. The molecular weight excluding hydrogens is 335 g/mol. The van der Waals surface area contributed by atoms with Crippen LogP contribution in [-0.4, -0.2) is 16.9 Å². The molecular formula is C17H14ClFN2O3. The average molecular weight is 349 g/mol. The number of hydrogen-bond acceptors (Lipinski definition) is 3. The minimum atomic E-state index is -1.42. The Balaban J connectivity index is 1.87. The highest BCUT2D eigenvalue weighted by atomic mass is 35.5. The Kier molecular flexibility index (Phi) is 3.93. The highest BCUT2D eigenvalue weighted by molar-refractivity contribution is 6.31. The summed E-state index contributed by atoms with van der Waals surface area (Å²) in [6, 6.07) is 9.65. The molecule has 1 aliphatic carbocycles. The lowest BCUT2D eigenvalue weighted by Gasteiger charge is -2.15. The van der Waals surface area contributed by atoms with E-state index in [0.29, 0.717) is 11.3 Å². The van der Waals surface area contributed by atoms with Gasteiger partial charge in [0.25, 0.3) is 0 Å². The highest BCUT2D eigenvalue weighted by Crippen LogP contribution is 2.61. The summed E-state index contributed by atoms with van der Waals surface area (Å²) in [5, 5.41) is 12.0. The molecule has 2 unspecified atom stereocenters. The number of halogens is 2. The maximum absolute atomic E-state index is 13.2. The minimum Gasteiger partial charge on any atom is -0.508 e. The summed E-state index contributed by atoms with van der Waals surface area (Å²) in [6.45, 7) is 0. The Hall–Kier alpha value is -2.60. The molecule has 0 bridgehead atoms. The number of hydrogen-bond donors (Lipinski definition) is 3. The standard InChI is InChI=1S/C17H14ClFN2O3/c18-14-7-9(19)1-6-12(14)13-8-17(13,15(20)23)16(24)21-10-2-4-11(22)5-3-10/h1-7,13,22H,8H2,(H2,20,23)(H,21,24). The number of rotatable bonds is 4. The van der Waals surface area contributed by atoms with Crippen molar-refractivity contribution in [3.05, 3.63) is 58.9 Å². The first kappa shape index (κ1) is 16.3. The van der Waals surface area contributed by atoms with Gasteiger partial charge in [-0.05, 0) is 48.4 Å². The van der Waals surface area contributed by atoms with Crippen LogP contribution in [0.5, 0.6) is 5.75 Å². The summed E-state index contributed by atoms with van der Waals surface area (Å²) in [5.74, 6) is -2.25. The first-order valence-electron chi connectivity index (χ1n) is 7.20. The van der Waals surface area contributed by atoms with E-state index in [1.807, 2.05) is 0 Å². The van der Waals surface area contributed by atoms with Crippen molar-refractivity contribution in [2.75, 3.05) is 5.32 Å². The van der Waals surface area contributed by atoms with Crippen molar-refractivity contribution in [2.45, 2.75) is 12.3 Å². The first-order chi connectivity index (χ1) is 11.3. The van der Waals surface area contributed by atoms with Crippen LogP contribution in [0.15, 0.2) is 42.5 Å². The molecule has 1 aliphatic rings. The van der Waals surface area contributed by atoms with Gasteiger partial charge in [-0.15, -0.1) is 0 Å². The van der Waals surface area contributed by atoms with E-state index in [1.165, 1.54) is 36.4 Å². The van der Waals surface area contributed by atoms with Gasteiger partial charge in [0.2, 0.25) is 11.8 Å². The van der Waals surface area contributed by atoms with Crippen LogP contribution in [0.25, 0.3) is 0 Å². The molecule has 24 heavy (non-hydrogen) atoms. The quantitative estimate of drug-likeness (QED) is 0.586. The molecule has 0 aliphatic heterocycles. The second-order valence-corrected chi connectivity index (χ2v) is 6.17. The number of aromatic hydroxyl groups is 1. The lowest BCUT2D eigenvalue weighted by atomic mass is 9.97. The molecule has 0 aromatic heterocycles. The molecule has 2 aromatic rings. The van der Waals surface area contributed by atoms with Crippen molar-refractivity contribution in [1.29, 1.82) is 0 Å². The predicted octanol–water partition coefficient (Wildman–Crippen LogP) is 2.78. The van der Waals surface area contributed by atoms with Gasteiger partial charge in [0.1, 0.15) is 17.0 Å². The van der Waals surface area contributed by atoms with E-state index in [0.717, 1.165) is 6.07 Å². The number of phenolic OH excluding ortho intramolecular Hbond substituents is 1. The van der Waals surface area contributed by atoms with Crippen molar-refractivity contribution in [2.24, 2.45) is 11.1 Å². The van der Waals surface area contributed by atoms with Crippen molar-refractivity contribution in [3.63, 3.8) is 0 Å². The zero-order valence-corrected chi connectivity index (χ0v) is 13.2. The predicted molar refractivity (Wildman–Crippen MR) is 87.1 cm³/mol. The average Bonchev–Trinajstić information content (AvgIpc) is 3.26. The van der Waals surface area contributed by atoms with Gasteiger partial charge in [0, 0.05) is 16.6 Å². The van der Waals surface area contributed by atoms with Crippen LogP contribution in [0.3, 0.4) is 0 Å². The second kappa shape index (κ2) is 5.79. The summed E-state index contributed by atoms with van der Waals surface area (Å²) in [7, 11) is 0. The van der Waals surface area contributed by atoms with E-state index >= 15 is 0 Å². The number of nitrogens with two attached hydrogens (primary N) is 1. The number of benzene rings is 2.